The van der Waals surface area contributed by atoms with Crippen molar-refractivity contribution in [2.45, 2.75) is 27.2 Å². The molecule has 0 aliphatic rings. The van der Waals surface area contributed by atoms with Gasteiger partial charge in [-0.1, -0.05) is 18.5 Å². The molecule has 0 spiro atoms. The highest BCUT2D eigenvalue weighted by molar-refractivity contribution is 6.33. The van der Waals surface area contributed by atoms with E-state index in [0.717, 1.165) is 0 Å². The maximum atomic E-state index is 11.9. The molecule has 0 aliphatic carbocycles. The topological polar surface area (TPSA) is 79.3 Å². The average molecular weight is 285 g/mol. The standard InChI is InChI=1S/C13H17ClN2O3/c1-4-13(3,12(18)19)7-16-11(17)9-6-15-8(2)5-10(9)14/h5-6H,4,7H2,1-3H3,(H,16,17)(H,18,19). The molecule has 1 aromatic heterocycles. The molecule has 19 heavy (non-hydrogen) atoms. The molecule has 5 nitrogen and oxygen atoms in total. The number of nitrogens with one attached hydrogen (secondary N) is 1. The van der Waals surface area contributed by atoms with Gasteiger partial charge in [0, 0.05) is 18.4 Å². The van der Waals surface area contributed by atoms with E-state index < -0.39 is 17.3 Å². The zero-order valence-corrected chi connectivity index (χ0v) is 11.9. The van der Waals surface area contributed by atoms with E-state index in [1.54, 1.807) is 26.8 Å². The molecular weight excluding hydrogens is 268 g/mol. The summed E-state index contributed by atoms with van der Waals surface area (Å²) >= 11 is 5.95. The number of hydrogen-bond donors (Lipinski definition) is 2. The maximum absolute atomic E-state index is 11.9. The van der Waals surface area contributed by atoms with E-state index >= 15 is 0 Å². The molecule has 0 bridgehead atoms. The van der Waals surface area contributed by atoms with E-state index in [4.69, 9.17) is 16.7 Å². The number of hydrogen-bond acceptors (Lipinski definition) is 3. The summed E-state index contributed by atoms with van der Waals surface area (Å²) in [6.45, 7) is 5.17. The second-order valence-corrected chi connectivity index (χ2v) is 5.11. The Hall–Kier alpha value is -1.62. The van der Waals surface area contributed by atoms with Crippen molar-refractivity contribution in [2.24, 2.45) is 5.41 Å². The fraction of sp³-hybridized carbons (Fsp3) is 0.462. The van der Waals surface area contributed by atoms with Gasteiger partial charge in [-0.3, -0.25) is 14.6 Å². The Kier molecular flexibility index (Phi) is 4.89. The third-order valence-corrected chi connectivity index (χ3v) is 3.48. The largest absolute Gasteiger partial charge is 0.481 e. The maximum Gasteiger partial charge on any atom is 0.311 e. The van der Waals surface area contributed by atoms with Gasteiger partial charge in [0.15, 0.2) is 0 Å². The van der Waals surface area contributed by atoms with Crippen LogP contribution in [0.25, 0.3) is 0 Å². The number of pyridine rings is 1. The first-order chi connectivity index (χ1) is 8.80. The van der Waals surface area contributed by atoms with Gasteiger partial charge >= 0.3 is 5.97 Å². The van der Waals surface area contributed by atoms with Gasteiger partial charge in [-0.2, -0.15) is 0 Å². The zero-order valence-electron chi connectivity index (χ0n) is 11.2. The van der Waals surface area contributed by atoms with E-state index in [-0.39, 0.29) is 12.1 Å². The van der Waals surface area contributed by atoms with Crippen molar-refractivity contribution in [3.63, 3.8) is 0 Å². The van der Waals surface area contributed by atoms with E-state index in [2.05, 4.69) is 10.3 Å². The summed E-state index contributed by atoms with van der Waals surface area (Å²) in [5, 5.41) is 12.0. The van der Waals surface area contributed by atoms with Crippen LogP contribution in [0.4, 0.5) is 0 Å². The smallest absolute Gasteiger partial charge is 0.311 e. The number of amides is 1. The van der Waals surface area contributed by atoms with Crippen LogP contribution in [-0.2, 0) is 4.79 Å². The Balaban J connectivity index is 2.78. The summed E-state index contributed by atoms with van der Waals surface area (Å²) in [5.74, 6) is -1.36. The molecule has 2 N–H and O–H groups in total. The molecule has 104 valence electrons. The molecule has 0 fully saturated rings. The van der Waals surface area contributed by atoms with Crippen molar-refractivity contribution >= 4 is 23.5 Å². The number of aliphatic carboxylic acids is 1. The summed E-state index contributed by atoms with van der Waals surface area (Å²) in [7, 11) is 0. The monoisotopic (exact) mass is 284 g/mol. The Labute approximate surface area is 117 Å². The highest BCUT2D eigenvalue weighted by Gasteiger charge is 2.31. The molecule has 1 unspecified atom stereocenters. The Morgan fingerprint density at radius 1 is 1.53 bits per heavy atom. The SMILES string of the molecule is CCC(C)(CNC(=O)c1cnc(C)cc1Cl)C(=O)O. The van der Waals surface area contributed by atoms with Gasteiger partial charge in [-0.15, -0.1) is 0 Å². The summed E-state index contributed by atoms with van der Waals surface area (Å²) in [6, 6.07) is 1.59. The first-order valence-electron chi connectivity index (χ1n) is 5.94. The lowest BCUT2D eigenvalue weighted by atomic mass is 9.87. The second-order valence-electron chi connectivity index (χ2n) is 4.71. The number of carboxylic acids is 1. The normalized spacial score (nSPS) is 13.7. The quantitative estimate of drug-likeness (QED) is 0.869. The lowest BCUT2D eigenvalue weighted by molar-refractivity contribution is -0.147. The number of aryl methyl sites for hydroxylation is 1. The third-order valence-electron chi connectivity index (χ3n) is 3.17. The highest BCUT2D eigenvalue weighted by atomic mass is 35.5. The van der Waals surface area contributed by atoms with Gasteiger partial charge < -0.3 is 10.4 Å². The molecular formula is C13H17ClN2O3. The minimum absolute atomic E-state index is 0.0435. The van der Waals surface area contributed by atoms with E-state index in [0.29, 0.717) is 17.1 Å². The number of carbonyl (C=O) groups is 2. The number of carboxylic acid groups (broad SMARTS) is 1. The van der Waals surface area contributed by atoms with Gasteiger partial charge in [0.1, 0.15) is 0 Å². The molecule has 6 heteroatoms. The number of halogens is 1. The highest BCUT2D eigenvalue weighted by Crippen LogP contribution is 2.21. The Morgan fingerprint density at radius 2 is 2.16 bits per heavy atom. The van der Waals surface area contributed by atoms with Gasteiger partial charge in [-0.25, -0.2) is 0 Å². The molecule has 1 amide bonds. The van der Waals surface area contributed by atoms with Crippen molar-refractivity contribution < 1.29 is 14.7 Å². The van der Waals surface area contributed by atoms with Crippen LogP contribution in [0.15, 0.2) is 12.3 Å². The van der Waals surface area contributed by atoms with Crippen molar-refractivity contribution in [3.8, 4) is 0 Å². The lowest BCUT2D eigenvalue weighted by Crippen LogP contribution is -2.40. The summed E-state index contributed by atoms with van der Waals surface area (Å²) < 4.78 is 0. The molecule has 1 atom stereocenters. The first kappa shape index (κ1) is 15.4. The van der Waals surface area contributed by atoms with Gasteiger partial charge in [-0.05, 0) is 26.3 Å². The molecule has 0 aliphatic heterocycles. The minimum Gasteiger partial charge on any atom is -0.481 e. The van der Waals surface area contributed by atoms with Crippen molar-refractivity contribution in [1.82, 2.24) is 10.3 Å². The number of rotatable bonds is 5. The minimum atomic E-state index is -0.986. The van der Waals surface area contributed by atoms with Crippen LogP contribution in [0.1, 0.15) is 36.3 Å². The van der Waals surface area contributed by atoms with Crippen LogP contribution < -0.4 is 5.32 Å². The van der Waals surface area contributed by atoms with E-state index in [1.165, 1.54) is 6.20 Å². The molecule has 0 aromatic carbocycles. The predicted molar refractivity (Wildman–Crippen MR) is 72.4 cm³/mol. The molecule has 0 radical (unpaired) electrons. The number of nitrogens with zero attached hydrogens (tertiary/aromatic N) is 1. The van der Waals surface area contributed by atoms with E-state index in [9.17, 15) is 9.59 Å². The average Bonchev–Trinajstić information content (AvgIpc) is 2.35. The summed E-state index contributed by atoms with van der Waals surface area (Å²) in [6.07, 6.45) is 1.81. The first-order valence-corrected chi connectivity index (χ1v) is 6.31. The molecule has 1 heterocycles. The fourth-order valence-electron chi connectivity index (χ4n) is 1.42. The van der Waals surface area contributed by atoms with Gasteiger partial charge in [0.2, 0.25) is 0 Å². The number of aromatic nitrogens is 1. The Morgan fingerprint density at radius 3 is 2.63 bits per heavy atom. The van der Waals surface area contributed by atoms with E-state index in [1.807, 2.05) is 0 Å². The van der Waals surface area contributed by atoms with Crippen molar-refractivity contribution in [3.05, 3.63) is 28.5 Å². The Bertz CT molecular complexity index is 505. The third kappa shape index (κ3) is 3.67. The molecule has 0 saturated heterocycles. The zero-order chi connectivity index (χ0) is 14.6. The molecule has 1 aromatic rings. The molecule has 0 saturated carbocycles. The summed E-state index contributed by atoms with van der Waals surface area (Å²) in [5.41, 5.74) is -0.0260. The van der Waals surface area contributed by atoms with Crippen LogP contribution in [0, 0.1) is 12.3 Å². The summed E-state index contributed by atoms with van der Waals surface area (Å²) in [4.78, 5) is 27.1. The van der Waals surface area contributed by atoms with Gasteiger partial charge in [0.25, 0.3) is 5.91 Å². The van der Waals surface area contributed by atoms with Crippen LogP contribution in [0.2, 0.25) is 5.02 Å². The fourth-order valence-corrected chi connectivity index (χ4v) is 1.71. The van der Waals surface area contributed by atoms with Crippen LogP contribution in [-0.4, -0.2) is 28.5 Å². The van der Waals surface area contributed by atoms with Crippen molar-refractivity contribution in [1.29, 1.82) is 0 Å². The van der Waals surface area contributed by atoms with Crippen LogP contribution in [0.5, 0.6) is 0 Å². The predicted octanol–water partition coefficient (Wildman–Crippen LogP) is 2.27. The van der Waals surface area contributed by atoms with Crippen molar-refractivity contribution in [2.75, 3.05) is 6.54 Å². The van der Waals surface area contributed by atoms with Crippen LogP contribution in [0.3, 0.4) is 0 Å². The van der Waals surface area contributed by atoms with Crippen LogP contribution >= 0.6 is 11.6 Å². The molecule has 1 rings (SSSR count). The number of carbonyl (C=O) groups excluding carboxylic acids is 1. The lowest BCUT2D eigenvalue weighted by Gasteiger charge is -2.23. The van der Waals surface area contributed by atoms with Gasteiger partial charge in [0.05, 0.1) is 16.0 Å². The second kappa shape index (κ2) is 6.02.